The fourth-order valence-corrected chi connectivity index (χ4v) is 4.52. The molecular formula is C25H17BrClIN2O5. The number of urea groups is 1. The number of hydrogen-bond acceptors (Lipinski definition) is 5. The van der Waals surface area contributed by atoms with E-state index in [1.807, 2.05) is 12.1 Å². The summed E-state index contributed by atoms with van der Waals surface area (Å²) in [5.41, 5.74) is 1.63. The lowest BCUT2D eigenvalue weighted by Gasteiger charge is -2.26. The minimum Gasteiger partial charge on any atom is -0.493 e. The van der Waals surface area contributed by atoms with Crippen molar-refractivity contribution < 1.29 is 23.9 Å². The van der Waals surface area contributed by atoms with Crippen LogP contribution in [-0.2, 0) is 16.2 Å². The van der Waals surface area contributed by atoms with E-state index in [2.05, 4.69) is 43.8 Å². The van der Waals surface area contributed by atoms with E-state index >= 15 is 0 Å². The molecule has 7 nitrogen and oxygen atoms in total. The summed E-state index contributed by atoms with van der Waals surface area (Å²) in [6, 6.07) is 16.5. The number of amides is 4. The predicted octanol–water partition coefficient (Wildman–Crippen LogP) is 5.96. The lowest BCUT2D eigenvalue weighted by atomic mass is 10.1. The lowest BCUT2D eigenvalue weighted by molar-refractivity contribution is -0.122. The van der Waals surface area contributed by atoms with Crippen LogP contribution < -0.4 is 19.7 Å². The maximum atomic E-state index is 13.1. The summed E-state index contributed by atoms with van der Waals surface area (Å²) in [4.78, 5) is 39.0. The summed E-state index contributed by atoms with van der Waals surface area (Å²) < 4.78 is 13.0. The molecule has 0 radical (unpaired) electrons. The molecule has 4 rings (SSSR count). The number of nitrogens with one attached hydrogen (secondary N) is 1. The van der Waals surface area contributed by atoms with Crippen molar-refractivity contribution in [3.63, 3.8) is 0 Å². The van der Waals surface area contributed by atoms with Crippen molar-refractivity contribution in [2.75, 3.05) is 12.0 Å². The molecule has 0 atom stereocenters. The first-order chi connectivity index (χ1) is 16.8. The second-order valence-electron chi connectivity index (χ2n) is 7.38. The molecule has 1 saturated heterocycles. The van der Waals surface area contributed by atoms with Gasteiger partial charge in [0.2, 0.25) is 0 Å². The number of carbonyl (C=O) groups excluding carboxylic acids is 3. The van der Waals surface area contributed by atoms with E-state index in [4.69, 9.17) is 21.1 Å². The summed E-state index contributed by atoms with van der Waals surface area (Å²) in [7, 11) is 1.50. The smallest absolute Gasteiger partial charge is 0.335 e. The van der Waals surface area contributed by atoms with E-state index in [1.165, 1.54) is 13.2 Å². The molecule has 0 unspecified atom stereocenters. The SMILES string of the molecule is COc1cc(/C=C2/C(=O)NC(=O)N(c3ccc(Br)cc3)C2=O)cc(I)c1OCc1ccc(Cl)cc1. The molecule has 1 heterocycles. The number of imide groups is 2. The second kappa shape index (κ2) is 10.8. The normalized spacial score (nSPS) is 14.8. The molecule has 1 aliphatic heterocycles. The van der Waals surface area contributed by atoms with Crippen LogP contribution in [0.25, 0.3) is 6.08 Å². The van der Waals surface area contributed by atoms with Gasteiger partial charge in [-0.15, -0.1) is 0 Å². The Balaban J connectivity index is 1.63. The highest BCUT2D eigenvalue weighted by Gasteiger charge is 2.36. The van der Waals surface area contributed by atoms with Crippen LogP contribution in [0.4, 0.5) is 10.5 Å². The first kappa shape index (κ1) is 25.2. The van der Waals surface area contributed by atoms with Crippen molar-refractivity contribution >= 4 is 79.7 Å². The maximum absolute atomic E-state index is 13.1. The van der Waals surface area contributed by atoms with Crippen molar-refractivity contribution in [3.05, 3.63) is 90.4 Å². The van der Waals surface area contributed by atoms with Gasteiger partial charge in [-0.2, -0.15) is 0 Å². The molecule has 1 fully saturated rings. The van der Waals surface area contributed by atoms with Crippen LogP contribution in [0.2, 0.25) is 5.02 Å². The van der Waals surface area contributed by atoms with Crippen LogP contribution in [0.1, 0.15) is 11.1 Å². The number of rotatable bonds is 6. The van der Waals surface area contributed by atoms with Gasteiger partial charge in [-0.25, -0.2) is 9.69 Å². The van der Waals surface area contributed by atoms with E-state index in [0.717, 1.165) is 14.9 Å². The molecule has 178 valence electrons. The van der Waals surface area contributed by atoms with Gasteiger partial charge >= 0.3 is 6.03 Å². The zero-order valence-electron chi connectivity index (χ0n) is 18.2. The summed E-state index contributed by atoms with van der Waals surface area (Å²) >= 11 is 11.4. The Morgan fingerprint density at radius 3 is 2.40 bits per heavy atom. The molecule has 0 saturated carbocycles. The standard InChI is InChI=1S/C25H17BrClIN2O5/c1-34-21-12-15(11-20(28)22(21)35-13-14-2-6-17(27)7-3-14)10-19-23(31)29-25(33)30(24(19)32)18-8-4-16(26)5-9-18/h2-12H,13H2,1H3,(H,29,31,33)/b19-10-. The topological polar surface area (TPSA) is 84.9 Å². The van der Waals surface area contributed by atoms with Crippen LogP contribution in [0.5, 0.6) is 11.5 Å². The highest BCUT2D eigenvalue weighted by Crippen LogP contribution is 2.35. The summed E-state index contributed by atoms with van der Waals surface area (Å²) in [6.45, 7) is 0.301. The van der Waals surface area contributed by atoms with Crippen molar-refractivity contribution in [1.29, 1.82) is 0 Å². The van der Waals surface area contributed by atoms with Gasteiger partial charge in [-0.3, -0.25) is 14.9 Å². The molecule has 0 spiro atoms. The second-order valence-corrected chi connectivity index (χ2v) is 9.90. The van der Waals surface area contributed by atoms with E-state index in [1.54, 1.807) is 48.5 Å². The van der Waals surface area contributed by atoms with Crippen LogP contribution >= 0.6 is 50.1 Å². The maximum Gasteiger partial charge on any atom is 0.335 e. The Labute approximate surface area is 228 Å². The third-order valence-electron chi connectivity index (χ3n) is 5.05. The van der Waals surface area contributed by atoms with E-state index < -0.39 is 17.8 Å². The van der Waals surface area contributed by atoms with Gasteiger partial charge in [0.25, 0.3) is 11.8 Å². The molecule has 3 aromatic rings. The number of halogens is 3. The molecule has 10 heteroatoms. The predicted molar refractivity (Wildman–Crippen MR) is 145 cm³/mol. The third-order valence-corrected chi connectivity index (χ3v) is 6.63. The number of ether oxygens (including phenoxy) is 2. The van der Waals surface area contributed by atoms with Gasteiger partial charge in [-0.05, 0) is 88.3 Å². The molecule has 35 heavy (non-hydrogen) atoms. The zero-order chi connectivity index (χ0) is 25.1. The van der Waals surface area contributed by atoms with Crippen LogP contribution in [0.3, 0.4) is 0 Å². The van der Waals surface area contributed by atoms with Crippen LogP contribution in [0, 0.1) is 3.57 Å². The Kier molecular flexibility index (Phi) is 7.78. The molecule has 1 N–H and O–H groups in total. The molecule has 4 amide bonds. The molecule has 3 aromatic carbocycles. The minimum absolute atomic E-state index is 0.180. The molecule has 0 bridgehead atoms. The van der Waals surface area contributed by atoms with Gasteiger partial charge in [0.1, 0.15) is 12.2 Å². The fourth-order valence-electron chi connectivity index (χ4n) is 3.35. The van der Waals surface area contributed by atoms with Crippen molar-refractivity contribution in [1.82, 2.24) is 5.32 Å². The summed E-state index contributed by atoms with van der Waals surface area (Å²) in [5.74, 6) is -0.540. The molecule has 1 aliphatic rings. The van der Waals surface area contributed by atoms with Crippen molar-refractivity contribution in [2.45, 2.75) is 6.61 Å². The van der Waals surface area contributed by atoms with Gasteiger partial charge in [0, 0.05) is 9.50 Å². The quantitative estimate of drug-likeness (QED) is 0.199. The molecular weight excluding hydrogens is 651 g/mol. The Bertz CT molecular complexity index is 1340. The number of barbiturate groups is 1. The lowest BCUT2D eigenvalue weighted by Crippen LogP contribution is -2.54. The Morgan fingerprint density at radius 2 is 1.74 bits per heavy atom. The van der Waals surface area contributed by atoms with E-state index in [-0.39, 0.29) is 5.57 Å². The summed E-state index contributed by atoms with van der Waals surface area (Å²) in [5, 5.41) is 2.86. The third kappa shape index (κ3) is 5.68. The number of carbonyl (C=O) groups is 3. The van der Waals surface area contributed by atoms with Gasteiger partial charge < -0.3 is 9.47 Å². The first-order valence-electron chi connectivity index (χ1n) is 10.2. The monoisotopic (exact) mass is 666 g/mol. The highest BCUT2D eigenvalue weighted by atomic mass is 127. The number of anilines is 1. The van der Waals surface area contributed by atoms with Crippen molar-refractivity contribution in [3.8, 4) is 11.5 Å². The van der Waals surface area contributed by atoms with E-state index in [0.29, 0.717) is 37.9 Å². The average Bonchev–Trinajstić information content (AvgIpc) is 2.83. The average molecular weight is 668 g/mol. The Morgan fingerprint density at radius 1 is 1.06 bits per heavy atom. The van der Waals surface area contributed by atoms with Gasteiger partial charge in [0.05, 0.1) is 16.4 Å². The van der Waals surface area contributed by atoms with Crippen LogP contribution in [-0.4, -0.2) is 25.0 Å². The summed E-state index contributed by atoms with van der Waals surface area (Å²) in [6.07, 6.45) is 1.42. The number of benzene rings is 3. The highest BCUT2D eigenvalue weighted by molar-refractivity contribution is 14.1. The largest absolute Gasteiger partial charge is 0.493 e. The molecule has 0 aliphatic carbocycles. The fraction of sp³-hybridized carbons (Fsp3) is 0.0800. The number of methoxy groups -OCH3 is 1. The minimum atomic E-state index is -0.808. The van der Waals surface area contributed by atoms with Crippen molar-refractivity contribution in [2.24, 2.45) is 0 Å². The first-order valence-corrected chi connectivity index (χ1v) is 12.4. The Hall–Kier alpha value is -2.89. The molecule has 0 aromatic heterocycles. The van der Waals surface area contributed by atoms with Gasteiger partial charge in [-0.1, -0.05) is 39.7 Å². The zero-order valence-corrected chi connectivity index (χ0v) is 22.7. The van der Waals surface area contributed by atoms with E-state index in [9.17, 15) is 14.4 Å². The number of hydrogen-bond donors (Lipinski definition) is 1. The van der Waals surface area contributed by atoms with Gasteiger partial charge in [0.15, 0.2) is 11.5 Å². The van der Waals surface area contributed by atoms with Crippen LogP contribution in [0.15, 0.2) is 70.7 Å². The number of nitrogens with zero attached hydrogens (tertiary/aromatic N) is 1.